The van der Waals surface area contributed by atoms with Crippen LogP contribution in [0.15, 0.2) is 47.5 Å². The van der Waals surface area contributed by atoms with Crippen LogP contribution in [0, 0.1) is 0 Å². The maximum absolute atomic E-state index is 12.1. The van der Waals surface area contributed by atoms with Crippen molar-refractivity contribution in [3.63, 3.8) is 0 Å². The van der Waals surface area contributed by atoms with Gasteiger partial charge in [0.1, 0.15) is 0 Å². The van der Waals surface area contributed by atoms with Gasteiger partial charge < -0.3 is 15.4 Å². The maximum atomic E-state index is 12.1. The van der Waals surface area contributed by atoms with Gasteiger partial charge in [-0.25, -0.2) is 4.98 Å². The number of ether oxygens (including phenoxy) is 1. The van der Waals surface area contributed by atoms with Crippen molar-refractivity contribution >= 4 is 35.0 Å². The lowest BCUT2D eigenvalue weighted by Crippen LogP contribution is -2.32. The molecule has 2 aromatic rings. The number of carbonyl (C=O) groups is 2. The van der Waals surface area contributed by atoms with E-state index in [1.54, 1.807) is 12.1 Å². The molecule has 1 atom stereocenters. The number of nitrogens with zero attached hydrogens (tertiary/aromatic N) is 1. The minimum atomic E-state index is -0.448. The molecule has 1 aromatic heterocycles. The molecule has 6 nitrogen and oxygen atoms in total. The second-order valence-electron chi connectivity index (χ2n) is 4.93. The van der Waals surface area contributed by atoms with E-state index in [1.807, 2.05) is 24.3 Å². The number of hydrogen-bond acceptors (Lipinski definition) is 5. The largest absolute Gasteiger partial charge is 0.481 e. The first-order chi connectivity index (χ1) is 11.2. The fraction of sp³-hybridized carbons (Fsp3) is 0.188. The number of para-hydroxylation sites is 1. The Morgan fingerprint density at radius 3 is 2.91 bits per heavy atom. The van der Waals surface area contributed by atoms with Crippen molar-refractivity contribution in [3.05, 3.63) is 42.6 Å². The highest BCUT2D eigenvalue weighted by Gasteiger charge is 2.28. The zero-order valence-electron chi connectivity index (χ0n) is 12.4. The van der Waals surface area contributed by atoms with Gasteiger partial charge in [0.25, 0.3) is 0 Å². The summed E-state index contributed by atoms with van der Waals surface area (Å²) < 4.78 is 4.96. The van der Waals surface area contributed by atoms with Gasteiger partial charge in [0.2, 0.25) is 17.7 Å². The van der Waals surface area contributed by atoms with Gasteiger partial charge in [0.15, 0.2) is 0 Å². The number of carbonyl (C=O) groups excluding carboxylic acids is 2. The van der Waals surface area contributed by atoms with Crippen molar-refractivity contribution in [2.45, 2.75) is 16.6 Å². The molecular weight excluding hydrogens is 314 g/mol. The molecule has 1 aliphatic heterocycles. The number of rotatable bonds is 4. The van der Waals surface area contributed by atoms with E-state index in [2.05, 4.69) is 15.6 Å². The Labute approximate surface area is 137 Å². The van der Waals surface area contributed by atoms with Gasteiger partial charge in [-0.15, -0.1) is 11.8 Å². The van der Waals surface area contributed by atoms with Crippen LogP contribution in [-0.2, 0) is 9.59 Å². The fourth-order valence-electron chi connectivity index (χ4n) is 2.18. The topological polar surface area (TPSA) is 80.3 Å². The predicted molar refractivity (Wildman–Crippen MR) is 88.8 cm³/mol. The second-order valence-corrected chi connectivity index (χ2v) is 6.18. The lowest BCUT2D eigenvalue weighted by molar-refractivity contribution is -0.120. The van der Waals surface area contributed by atoms with E-state index in [0.29, 0.717) is 11.6 Å². The van der Waals surface area contributed by atoms with Crippen LogP contribution in [0.3, 0.4) is 0 Å². The molecule has 1 aliphatic rings. The average Bonchev–Trinajstić information content (AvgIpc) is 2.56. The fourth-order valence-corrected chi connectivity index (χ4v) is 3.29. The van der Waals surface area contributed by atoms with Crippen LogP contribution < -0.4 is 15.4 Å². The number of aromatic nitrogens is 1. The molecule has 1 aromatic carbocycles. The first kappa shape index (κ1) is 15.4. The Balaban J connectivity index is 1.62. The quantitative estimate of drug-likeness (QED) is 0.901. The van der Waals surface area contributed by atoms with Gasteiger partial charge >= 0.3 is 0 Å². The molecule has 0 bridgehead atoms. The lowest BCUT2D eigenvalue weighted by Gasteiger charge is -2.23. The molecule has 0 saturated carbocycles. The molecule has 23 heavy (non-hydrogen) atoms. The summed E-state index contributed by atoms with van der Waals surface area (Å²) in [7, 11) is 1.53. The minimum absolute atomic E-state index is 0.0941. The minimum Gasteiger partial charge on any atom is -0.481 e. The Bertz CT molecular complexity index is 734. The van der Waals surface area contributed by atoms with Crippen LogP contribution in [0.1, 0.15) is 6.42 Å². The highest BCUT2D eigenvalue weighted by molar-refractivity contribution is 8.01. The number of fused-ring (bicyclic) bond motifs is 1. The number of pyridine rings is 1. The predicted octanol–water partition coefficient (Wildman–Crippen LogP) is 2.53. The number of methoxy groups -OCH3 is 1. The third kappa shape index (κ3) is 3.62. The van der Waals surface area contributed by atoms with E-state index in [-0.39, 0.29) is 18.2 Å². The highest BCUT2D eigenvalue weighted by atomic mass is 32.2. The van der Waals surface area contributed by atoms with Gasteiger partial charge in [-0.1, -0.05) is 12.1 Å². The first-order valence-corrected chi connectivity index (χ1v) is 7.90. The molecule has 0 spiro atoms. The smallest absolute Gasteiger partial charge is 0.238 e. The molecule has 3 rings (SSSR count). The van der Waals surface area contributed by atoms with E-state index in [0.717, 1.165) is 10.6 Å². The Morgan fingerprint density at radius 1 is 1.35 bits per heavy atom. The van der Waals surface area contributed by atoms with Crippen molar-refractivity contribution < 1.29 is 14.3 Å². The normalized spacial score (nSPS) is 16.2. The molecule has 7 heteroatoms. The van der Waals surface area contributed by atoms with Crippen LogP contribution >= 0.6 is 11.8 Å². The molecule has 0 fully saturated rings. The van der Waals surface area contributed by atoms with Crippen LogP contribution in [0.2, 0.25) is 0 Å². The van der Waals surface area contributed by atoms with Crippen molar-refractivity contribution in [2.24, 2.45) is 0 Å². The van der Waals surface area contributed by atoms with Gasteiger partial charge in [0, 0.05) is 17.4 Å². The summed E-state index contributed by atoms with van der Waals surface area (Å²) >= 11 is 1.40. The van der Waals surface area contributed by atoms with Gasteiger partial charge in [-0.2, -0.15) is 0 Å². The third-order valence-corrected chi connectivity index (χ3v) is 4.58. The molecule has 2 heterocycles. The SMILES string of the molecule is COc1ccc(NC(=O)C[C@H]2Sc3ccccc3NC2=O)cn1. The molecule has 118 valence electrons. The number of benzene rings is 1. The highest BCUT2D eigenvalue weighted by Crippen LogP contribution is 2.36. The van der Waals surface area contributed by atoms with Crippen LogP contribution in [0.4, 0.5) is 11.4 Å². The lowest BCUT2D eigenvalue weighted by atomic mass is 10.2. The number of anilines is 2. The van der Waals surface area contributed by atoms with Crippen molar-refractivity contribution in [2.75, 3.05) is 17.7 Å². The number of nitrogens with one attached hydrogen (secondary N) is 2. The summed E-state index contributed by atoms with van der Waals surface area (Å²) in [5.74, 6) is 0.0857. The maximum Gasteiger partial charge on any atom is 0.238 e. The summed E-state index contributed by atoms with van der Waals surface area (Å²) in [4.78, 5) is 29.2. The Hall–Kier alpha value is -2.54. The van der Waals surface area contributed by atoms with E-state index in [1.165, 1.54) is 25.1 Å². The molecule has 0 unspecified atom stereocenters. The number of thioether (sulfide) groups is 1. The monoisotopic (exact) mass is 329 g/mol. The second kappa shape index (κ2) is 6.70. The van der Waals surface area contributed by atoms with Crippen molar-refractivity contribution in [1.82, 2.24) is 4.98 Å². The van der Waals surface area contributed by atoms with Crippen LogP contribution in [-0.4, -0.2) is 29.2 Å². The molecule has 0 radical (unpaired) electrons. The Morgan fingerprint density at radius 2 is 2.17 bits per heavy atom. The molecular formula is C16H15N3O3S. The summed E-state index contributed by atoms with van der Waals surface area (Å²) in [5.41, 5.74) is 1.36. The van der Waals surface area contributed by atoms with E-state index >= 15 is 0 Å². The van der Waals surface area contributed by atoms with E-state index in [4.69, 9.17) is 4.74 Å². The zero-order chi connectivity index (χ0) is 16.2. The van der Waals surface area contributed by atoms with Gasteiger partial charge in [-0.3, -0.25) is 9.59 Å². The van der Waals surface area contributed by atoms with Crippen LogP contribution in [0.25, 0.3) is 0 Å². The first-order valence-electron chi connectivity index (χ1n) is 7.02. The number of hydrogen-bond donors (Lipinski definition) is 2. The average molecular weight is 329 g/mol. The molecule has 0 saturated heterocycles. The summed E-state index contributed by atoms with van der Waals surface area (Å²) in [6, 6.07) is 10.9. The third-order valence-electron chi connectivity index (χ3n) is 3.31. The Kier molecular flexibility index (Phi) is 4.47. The molecule has 2 amide bonds. The number of amides is 2. The van der Waals surface area contributed by atoms with Crippen molar-refractivity contribution in [1.29, 1.82) is 0 Å². The van der Waals surface area contributed by atoms with E-state index < -0.39 is 5.25 Å². The summed E-state index contributed by atoms with van der Waals surface area (Å²) in [6.45, 7) is 0. The zero-order valence-corrected chi connectivity index (χ0v) is 13.2. The summed E-state index contributed by atoms with van der Waals surface area (Å²) in [6.07, 6.45) is 1.61. The van der Waals surface area contributed by atoms with E-state index in [9.17, 15) is 9.59 Å². The molecule has 0 aliphatic carbocycles. The standard InChI is InChI=1S/C16H15N3O3S/c1-22-15-7-6-10(9-17-15)18-14(20)8-13-16(21)19-11-4-2-3-5-12(11)23-13/h2-7,9,13H,8H2,1H3,(H,18,20)(H,19,21)/t13-/m1/s1. The van der Waals surface area contributed by atoms with Gasteiger partial charge in [0.05, 0.1) is 29.9 Å². The van der Waals surface area contributed by atoms with Crippen molar-refractivity contribution in [3.8, 4) is 5.88 Å². The van der Waals surface area contributed by atoms with Crippen LogP contribution in [0.5, 0.6) is 5.88 Å². The summed E-state index contributed by atoms with van der Waals surface area (Å²) in [5, 5.41) is 5.11. The van der Waals surface area contributed by atoms with Gasteiger partial charge in [-0.05, 0) is 18.2 Å². The molecule has 2 N–H and O–H groups in total.